The van der Waals surface area contributed by atoms with Crippen LogP contribution in [-0.2, 0) is 4.74 Å². The Bertz CT molecular complexity index is 987. The van der Waals surface area contributed by atoms with Gasteiger partial charge in [0.1, 0.15) is 5.65 Å². The molecule has 0 amide bonds. The molecule has 0 aromatic carbocycles. The summed E-state index contributed by atoms with van der Waals surface area (Å²) in [4.78, 5) is 22.0. The number of anilines is 1. The normalized spacial score (nSPS) is 20.5. The van der Waals surface area contributed by atoms with Gasteiger partial charge in [0, 0.05) is 24.7 Å². The molecular formula is C18H22N6O2. The van der Waals surface area contributed by atoms with Gasteiger partial charge in [-0.2, -0.15) is 10.1 Å². The zero-order valence-corrected chi connectivity index (χ0v) is 14.9. The van der Waals surface area contributed by atoms with Crippen molar-refractivity contribution in [3.8, 4) is 11.3 Å². The van der Waals surface area contributed by atoms with Gasteiger partial charge < -0.3 is 10.5 Å². The highest BCUT2D eigenvalue weighted by Gasteiger charge is 2.26. The fraction of sp³-hybridized carbons (Fsp3) is 0.444. The highest BCUT2D eigenvalue weighted by atomic mass is 16.5. The van der Waals surface area contributed by atoms with E-state index in [1.807, 2.05) is 13.0 Å². The lowest BCUT2D eigenvalue weighted by atomic mass is 9.92. The number of nitrogen functional groups attached to an aromatic ring is 1. The van der Waals surface area contributed by atoms with Crippen LogP contribution in [0.2, 0.25) is 0 Å². The van der Waals surface area contributed by atoms with Gasteiger partial charge in [-0.3, -0.25) is 14.5 Å². The third-order valence-corrected chi connectivity index (χ3v) is 5.22. The lowest BCUT2D eigenvalue weighted by molar-refractivity contribution is 0.0585. The molecule has 0 spiro atoms. The maximum absolute atomic E-state index is 13.3. The molecule has 3 N–H and O–H groups in total. The molecule has 0 radical (unpaired) electrons. The molecule has 26 heavy (non-hydrogen) atoms. The van der Waals surface area contributed by atoms with Gasteiger partial charge in [0.25, 0.3) is 5.56 Å². The first-order valence-electron chi connectivity index (χ1n) is 8.80. The zero-order valence-electron chi connectivity index (χ0n) is 14.9. The largest absolute Gasteiger partial charge is 0.381 e. The van der Waals surface area contributed by atoms with E-state index in [9.17, 15) is 4.79 Å². The second-order valence-corrected chi connectivity index (χ2v) is 6.76. The summed E-state index contributed by atoms with van der Waals surface area (Å²) in [6.07, 6.45) is 5.52. The molecule has 0 atom stereocenters. The predicted molar refractivity (Wildman–Crippen MR) is 98.8 cm³/mol. The van der Waals surface area contributed by atoms with Crippen molar-refractivity contribution >= 4 is 17.0 Å². The number of nitrogens with one attached hydrogen (secondary N) is 1. The van der Waals surface area contributed by atoms with E-state index in [0.717, 1.165) is 36.8 Å². The van der Waals surface area contributed by atoms with E-state index in [0.29, 0.717) is 16.9 Å². The fourth-order valence-electron chi connectivity index (χ4n) is 3.84. The summed E-state index contributed by atoms with van der Waals surface area (Å²) in [5.74, 6) is 0.182. The van der Waals surface area contributed by atoms with Gasteiger partial charge in [0.05, 0.1) is 23.1 Å². The SMILES string of the molecule is COC1CCC(n2c(=O)c(-c3cc[nH]n3)cc3c(C)nc(N)nc32)CC1. The van der Waals surface area contributed by atoms with Crippen LogP contribution < -0.4 is 11.3 Å². The van der Waals surface area contributed by atoms with Crippen LogP contribution in [-0.4, -0.2) is 37.9 Å². The van der Waals surface area contributed by atoms with Gasteiger partial charge >= 0.3 is 0 Å². The Morgan fingerprint density at radius 3 is 2.69 bits per heavy atom. The third kappa shape index (κ3) is 2.76. The third-order valence-electron chi connectivity index (χ3n) is 5.22. The fourth-order valence-corrected chi connectivity index (χ4v) is 3.84. The summed E-state index contributed by atoms with van der Waals surface area (Å²) in [7, 11) is 1.74. The number of aryl methyl sites for hydroxylation is 1. The van der Waals surface area contributed by atoms with E-state index < -0.39 is 0 Å². The van der Waals surface area contributed by atoms with Crippen molar-refractivity contribution in [2.24, 2.45) is 0 Å². The lowest BCUT2D eigenvalue weighted by Crippen LogP contribution is -2.31. The van der Waals surface area contributed by atoms with Crippen molar-refractivity contribution in [1.29, 1.82) is 0 Å². The maximum Gasteiger partial charge on any atom is 0.262 e. The molecule has 0 bridgehead atoms. The number of H-pyrrole nitrogens is 1. The number of nitrogens with two attached hydrogens (primary N) is 1. The number of pyridine rings is 1. The van der Waals surface area contributed by atoms with E-state index in [4.69, 9.17) is 10.5 Å². The number of hydrogen-bond donors (Lipinski definition) is 2. The molecule has 3 aromatic rings. The number of aromatic amines is 1. The smallest absolute Gasteiger partial charge is 0.262 e. The van der Waals surface area contributed by atoms with Crippen LogP contribution in [0, 0.1) is 6.92 Å². The van der Waals surface area contributed by atoms with Crippen LogP contribution in [0.1, 0.15) is 37.4 Å². The molecule has 136 valence electrons. The van der Waals surface area contributed by atoms with Crippen molar-refractivity contribution in [2.75, 3.05) is 12.8 Å². The highest BCUT2D eigenvalue weighted by Crippen LogP contribution is 2.32. The lowest BCUT2D eigenvalue weighted by Gasteiger charge is -2.30. The van der Waals surface area contributed by atoms with Gasteiger partial charge in [0.15, 0.2) is 0 Å². The summed E-state index contributed by atoms with van der Waals surface area (Å²) < 4.78 is 7.25. The first-order valence-corrected chi connectivity index (χ1v) is 8.80. The molecule has 0 aliphatic heterocycles. The summed E-state index contributed by atoms with van der Waals surface area (Å²) in [5.41, 5.74) is 8.29. The highest BCUT2D eigenvalue weighted by molar-refractivity contribution is 5.83. The minimum absolute atomic E-state index is 0.0593. The van der Waals surface area contributed by atoms with Crippen LogP contribution in [0.15, 0.2) is 23.1 Å². The van der Waals surface area contributed by atoms with Crippen LogP contribution in [0.4, 0.5) is 5.95 Å². The Balaban J connectivity index is 1.94. The molecule has 1 aliphatic rings. The summed E-state index contributed by atoms with van der Waals surface area (Å²) in [6.45, 7) is 1.88. The molecule has 8 heteroatoms. The van der Waals surface area contributed by atoms with Gasteiger partial charge in [0.2, 0.25) is 5.95 Å². The Morgan fingerprint density at radius 2 is 2.04 bits per heavy atom. The topological polar surface area (TPSA) is 112 Å². The van der Waals surface area contributed by atoms with Gasteiger partial charge in [-0.15, -0.1) is 0 Å². The minimum atomic E-state index is -0.0945. The predicted octanol–water partition coefficient (Wildman–Crippen LogP) is 2.20. The monoisotopic (exact) mass is 354 g/mol. The molecule has 0 unspecified atom stereocenters. The molecule has 1 aliphatic carbocycles. The average Bonchev–Trinajstić information content (AvgIpc) is 3.16. The van der Waals surface area contributed by atoms with E-state index in [1.165, 1.54) is 0 Å². The number of methoxy groups -OCH3 is 1. The Hall–Kier alpha value is -2.74. The second kappa shape index (κ2) is 6.53. The van der Waals surface area contributed by atoms with Gasteiger partial charge in [-0.05, 0) is 44.7 Å². The first kappa shape index (κ1) is 16.7. The Labute approximate surface area is 150 Å². The minimum Gasteiger partial charge on any atom is -0.381 e. The second-order valence-electron chi connectivity index (χ2n) is 6.76. The number of nitrogens with zero attached hydrogens (tertiary/aromatic N) is 4. The maximum atomic E-state index is 13.3. The molecular weight excluding hydrogens is 332 g/mol. The summed E-state index contributed by atoms with van der Waals surface area (Å²) >= 11 is 0. The summed E-state index contributed by atoms with van der Waals surface area (Å²) in [6, 6.07) is 3.67. The number of hydrogen-bond acceptors (Lipinski definition) is 6. The van der Waals surface area contributed by atoms with Crippen LogP contribution in [0.3, 0.4) is 0 Å². The van der Waals surface area contributed by atoms with Crippen molar-refractivity contribution in [2.45, 2.75) is 44.8 Å². The van der Waals surface area contributed by atoms with Crippen LogP contribution >= 0.6 is 0 Å². The molecule has 3 aromatic heterocycles. The van der Waals surface area contributed by atoms with Crippen molar-refractivity contribution < 1.29 is 4.74 Å². The molecule has 0 saturated heterocycles. The summed E-state index contributed by atoms with van der Waals surface area (Å²) in [5, 5.41) is 7.79. The van der Waals surface area contributed by atoms with Gasteiger partial charge in [-0.1, -0.05) is 0 Å². The van der Waals surface area contributed by atoms with E-state index >= 15 is 0 Å². The Kier molecular flexibility index (Phi) is 4.20. The number of aromatic nitrogens is 5. The molecule has 3 heterocycles. The number of ether oxygens (including phenoxy) is 1. The molecule has 8 nitrogen and oxygen atoms in total. The number of fused-ring (bicyclic) bond motifs is 1. The van der Waals surface area contributed by atoms with E-state index in [2.05, 4.69) is 20.2 Å². The van der Waals surface area contributed by atoms with E-state index in [1.54, 1.807) is 23.9 Å². The van der Waals surface area contributed by atoms with E-state index in [-0.39, 0.29) is 23.7 Å². The standard InChI is InChI=1S/C18H22N6O2/c1-10-13-9-14(15-7-8-20-23-15)17(25)24(16(13)22-18(19)21-10)11-3-5-12(26-2)6-4-11/h7-9,11-12H,3-6H2,1-2H3,(H,20,23)(H2,19,21,22). The molecule has 1 saturated carbocycles. The van der Waals surface area contributed by atoms with Crippen molar-refractivity contribution in [3.63, 3.8) is 0 Å². The number of rotatable bonds is 3. The average molecular weight is 354 g/mol. The van der Waals surface area contributed by atoms with Crippen molar-refractivity contribution in [1.82, 2.24) is 24.7 Å². The van der Waals surface area contributed by atoms with Gasteiger partial charge in [-0.25, -0.2) is 4.98 Å². The van der Waals surface area contributed by atoms with Crippen LogP contribution in [0.5, 0.6) is 0 Å². The molecule has 1 fully saturated rings. The quantitative estimate of drug-likeness (QED) is 0.746. The zero-order chi connectivity index (χ0) is 18.3. The van der Waals surface area contributed by atoms with Crippen LogP contribution in [0.25, 0.3) is 22.3 Å². The first-order chi connectivity index (χ1) is 12.6. The molecule has 4 rings (SSSR count). The van der Waals surface area contributed by atoms with Crippen molar-refractivity contribution in [3.05, 3.63) is 34.4 Å². The Morgan fingerprint density at radius 1 is 1.27 bits per heavy atom.